The first-order valence-corrected chi connectivity index (χ1v) is 8.64. The topological polar surface area (TPSA) is 24.9 Å². The van der Waals surface area contributed by atoms with Gasteiger partial charge in [0.1, 0.15) is 5.01 Å². The fourth-order valence-electron chi connectivity index (χ4n) is 2.18. The fraction of sp³-hybridized carbons (Fsp3) is 0.400. The molecule has 2 nitrogen and oxygen atoms in total. The first-order chi connectivity index (χ1) is 9.31. The highest BCUT2D eigenvalue weighted by Crippen LogP contribution is 2.44. The summed E-state index contributed by atoms with van der Waals surface area (Å²) in [6.07, 6.45) is 4.73. The van der Waals surface area contributed by atoms with Crippen LogP contribution in [0.25, 0.3) is 10.6 Å². The molecule has 0 amide bonds. The molecule has 4 heteroatoms. The van der Waals surface area contributed by atoms with Crippen LogP contribution in [0.3, 0.4) is 0 Å². The van der Waals surface area contributed by atoms with Crippen LogP contribution in [0.1, 0.15) is 29.3 Å². The van der Waals surface area contributed by atoms with Gasteiger partial charge in [0.25, 0.3) is 0 Å². The zero-order valence-electron chi connectivity index (χ0n) is 11.3. The molecule has 0 bridgehead atoms. The Morgan fingerprint density at radius 1 is 1.32 bits per heavy atom. The van der Waals surface area contributed by atoms with Gasteiger partial charge >= 0.3 is 0 Å². The Morgan fingerprint density at radius 3 is 2.63 bits per heavy atom. The Labute approximate surface area is 122 Å². The van der Waals surface area contributed by atoms with Crippen LogP contribution in [0.15, 0.2) is 29.2 Å². The number of thiazole rings is 1. The standard InChI is InChI=1S/C15H18N2S2/c1-16-9-13-14(10-3-4-10)17-15(19-13)11-5-7-12(18-2)8-6-11/h5-8,10,16H,3-4,9H2,1-2H3. The lowest BCUT2D eigenvalue weighted by molar-refractivity contribution is 0.813. The predicted octanol–water partition coefficient (Wildman–Crippen LogP) is 4.13. The van der Waals surface area contributed by atoms with E-state index in [9.17, 15) is 0 Å². The van der Waals surface area contributed by atoms with E-state index >= 15 is 0 Å². The van der Waals surface area contributed by atoms with Crippen molar-refractivity contribution in [3.63, 3.8) is 0 Å². The lowest BCUT2D eigenvalue weighted by Crippen LogP contribution is -2.05. The minimum absolute atomic E-state index is 0.721. The fourth-order valence-corrected chi connectivity index (χ4v) is 3.76. The lowest BCUT2D eigenvalue weighted by atomic mass is 10.2. The SMILES string of the molecule is CNCc1sc(-c2ccc(SC)cc2)nc1C1CC1. The molecule has 19 heavy (non-hydrogen) atoms. The van der Waals surface area contributed by atoms with Crippen molar-refractivity contribution < 1.29 is 0 Å². The molecule has 1 aromatic heterocycles. The number of nitrogens with one attached hydrogen (secondary N) is 1. The van der Waals surface area contributed by atoms with E-state index in [-0.39, 0.29) is 0 Å². The van der Waals surface area contributed by atoms with Gasteiger partial charge in [-0.15, -0.1) is 23.1 Å². The van der Waals surface area contributed by atoms with Crippen molar-refractivity contribution in [1.82, 2.24) is 10.3 Å². The van der Waals surface area contributed by atoms with Crippen LogP contribution in [-0.2, 0) is 6.54 Å². The van der Waals surface area contributed by atoms with E-state index in [1.807, 2.05) is 18.4 Å². The summed E-state index contributed by atoms with van der Waals surface area (Å²) in [5.41, 5.74) is 2.58. The minimum atomic E-state index is 0.721. The molecular weight excluding hydrogens is 272 g/mol. The average Bonchev–Trinajstić information content (AvgIpc) is 3.21. The van der Waals surface area contributed by atoms with Crippen LogP contribution in [0.2, 0.25) is 0 Å². The van der Waals surface area contributed by atoms with E-state index in [2.05, 4.69) is 35.8 Å². The van der Waals surface area contributed by atoms with Gasteiger partial charge in [0.15, 0.2) is 0 Å². The maximum Gasteiger partial charge on any atom is 0.123 e. The van der Waals surface area contributed by atoms with Gasteiger partial charge in [-0.2, -0.15) is 0 Å². The summed E-state index contributed by atoms with van der Waals surface area (Å²) in [4.78, 5) is 7.60. The molecule has 0 atom stereocenters. The molecule has 0 aliphatic heterocycles. The van der Waals surface area contributed by atoms with Crippen LogP contribution in [0.5, 0.6) is 0 Å². The van der Waals surface area contributed by atoms with Crippen molar-refractivity contribution in [2.45, 2.75) is 30.2 Å². The molecule has 1 aromatic carbocycles. The Balaban J connectivity index is 1.92. The Kier molecular flexibility index (Phi) is 3.91. The van der Waals surface area contributed by atoms with Crippen LogP contribution in [0.4, 0.5) is 0 Å². The second kappa shape index (κ2) is 5.65. The summed E-state index contributed by atoms with van der Waals surface area (Å²) in [7, 11) is 2.00. The molecule has 1 saturated carbocycles. The zero-order valence-corrected chi connectivity index (χ0v) is 12.9. The van der Waals surface area contributed by atoms with Crippen LogP contribution >= 0.6 is 23.1 Å². The van der Waals surface area contributed by atoms with Crippen LogP contribution in [0, 0.1) is 0 Å². The average molecular weight is 290 g/mol. The van der Waals surface area contributed by atoms with Crippen molar-refractivity contribution in [1.29, 1.82) is 0 Å². The minimum Gasteiger partial charge on any atom is -0.315 e. The molecule has 0 saturated heterocycles. The maximum absolute atomic E-state index is 4.89. The zero-order chi connectivity index (χ0) is 13.2. The molecule has 2 aromatic rings. The first-order valence-electron chi connectivity index (χ1n) is 6.60. The van der Waals surface area contributed by atoms with E-state index in [0.29, 0.717) is 0 Å². The number of benzene rings is 1. The summed E-state index contributed by atoms with van der Waals surface area (Å²) >= 11 is 3.62. The summed E-state index contributed by atoms with van der Waals surface area (Å²) in [6.45, 7) is 0.937. The molecule has 100 valence electrons. The van der Waals surface area contributed by atoms with Gasteiger partial charge in [0.05, 0.1) is 5.69 Å². The molecule has 1 fully saturated rings. The highest BCUT2D eigenvalue weighted by molar-refractivity contribution is 7.98. The largest absolute Gasteiger partial charge is 0.315 e. The number of hydrogen-bond acceptors (Lipinski definition) is 4. The van der Waals surface area contributed by atoms with Crippen LogP contribution in [-0.4, -0.2) is 18.3 Å². The molecule has 1 aliphatic rings. The highest BCUT2D eigenvalue weighted by Gasteiger charge is 2.29. The van der Waals surface area contributed by atoms with Gasteiger partial charge in [0.2, 0.25) is 0 Å². The van der Waals surface area contributed by atoms with E-state index in [1.54, 1.807) is 11.8 Å². The highest BCUT2D eigenvalue weighted by atomic mass is 32.2. The molecule has 1 N–H and O–H groups in total. The number of thioether (sulfide) groups is 1. The predicted molar refractivity (Wildman–Crippen MR) is 84.1 cm³/mol. The van der Waals surface area contributed by atoms with Gasteiger partial charge in [-0.25, -0.2) is 4.98 Å². The monoisotopic (exact) mass is 290 g/mol. The summed E-state index contributed by atoms with van der Waals surface area (Å²) < 4.78 is 0. The van der Waals surface area contributed by atoms with E-state index in [0.717, 1.165) is 12.5 Å². The second-order valence-corrected chi connectivity index (χ2v) is 6.82. The van der Waals surface area contributed by atoms with E-state index in [4.69, 9.17) is 4.98 Å². The van der Waals surface area contributed by atoms with Gasteiger partial charge in [-0.3, -0.25) is 0 Å². The summed E-state index contributed by atoms with van der Waals surface area (Å²) in [5.74, 6) is 0.721. The number of nitrogens with zero attached hydrogens (tertiary/aromatic N) is 1. The number of rotatable bonds is 5. The van der Waals surface area contributed by atoms with Crippen molar-refractivity contribution in [3.05, 3.63) is 34.8 Å². The first kappa shape index (κ1) is 13.2. The molecule has 3 rings (SSSR count). The summed E-state index contributed by atoms with van der Waals surface area (Å²) in [5, 5.41) is 4.42. The Hall–Kier alpha value is -0.840. The lowest BCUT2D eigenvalue weighted by Gasteiger charge is -1.98. The normalized spacial score (nSPS) is 14.8. The number of aromatic nitrogens is 1. The molecule has 0 radical (unpaired) electrons. The van der Waals surface area contributed by atoms with E-state index < -0.39 is 0 Å². The van der Waals surface area contributed by atoms with Gasteiger partial charge in [-0.05, 0) is 38.3 Å². The second-order valence-electron chi connectivity index (χ2n) is 4.86. The Bertz CT molecular complexity index is 556. The molecule has 0 spiro atoms. The van der Waals surface area contributed by atoms with Crippen molar-refractivity contribution in [3.8, 4) is 10.6 Å². The van der Waals surface area contributed by atoms with Crippen molar-refractivity contribution in [2.24, 2.45) is 0 Å². The van der Waals surface area contributed by atoms with Crippen molar-refractivity contribution >= 4 is 23.1 Å². The molecular formula is C15H18N2S2. The third-order valence-corrected chi connectivity index (χ3v) is 5.23. The van der Waals surface area contributed by atoms with Gasteiger partial charge < -0.3 is 5.32 Å². The number of hydrogen-bond donors (Lipinski definition) is 1. The molecule has 1 aliphatic carbocycles. The Morgan fingerprint density at radius 2 is 2.05 bits per heavy atom. The molecule has 1 heterocycles. The smallest absolute Gasteiger partial charge is 0.123 e. The summed E-state index contributed by atoms with van der Waals surface area (Å²) in [6, 6.07) is 8.72. The van der Waals surface area contributed by atoms with Gasteiger partial charge in [0, 0.05) is 27.8 Å². The van der Waals surface area contributed by atoms with Crippen molar-refractivity contribution in [2.75, 3.05) is 13.3 Å². The maximum atomic E-state index is 4.89. The van der Waals surface area contributed by atoms with Crippen LogP contribution < -0.4 is 5.32 Å². The van der Waals surface area contributed by atoms with E-state index in [1.165, 1.54) is 38.9 Å². The van der Waals surface area contributed by atoms with Gasteiger partial charge in [-0.1, -0.05) is 12.1 Å². The molecule has 0 unspecified atom stereocenters. The third kappa shape index (κ3) is 2.86. The quantitative estimate of drug-likeness (QED) is 0.838. The third-order valence-electron chi connectivity index (χ3n) is 3.37.